The van der Waals surface area contributed by atoms with Crippen LogP contribution in [0, 0.1) is 0 Å². The molecule has 1 fully saturated rings. The van der Waals surface area contributed by atoms with Crippen LogP contribution in [-0.2, 0) is 6.18 Å². The minimum absolute atomic E-state index is 0.128. The van der Waals surface area contributed by atoms with E-state index in [0.717, 1.165) is 37.8 Å². The van der Waals surface area contributed by atoms with Crippen molar-refractivity contribution in [3.05, 3.63) is 29.8 Å². The number of hydrogen-bond acceptors (Lipinski definition) is 6. The maximum Gasteiger partial charge on any atom is 0.416 e. The number of halogens is 3. The zero-order valence-electron chi connectivity index (χ0n) is 15.7. The lowest BCUT2D eigenvalue weighted by molar-refractivity contribution is -0.137. The Bertz CT molecular complexity index is 776. The van der Waals surface area contributed by atoms with E-state index in [1.165, 1.54) is 25.0 Å². The van der Waals surface area contributed by atoms with Crippen molar-refractivity contribution in [3.8, 4) is 6.01 Å². The minimum Gasteiger partial charge on any atom is -0.464 e. The highest BCUT2D eigenvalue weighted by molar-refractivity contribution is 5.56. The number of nitrogens with one attached hydrogen (secondary N) is 2. The molecule has 0 radical (unpaired) electrons. The third kappa shape index (κ3) is 5.71. The average molecular weight is 395 g/mol. The number of alkyl halides is 3. The molecule has 0 bridgehead atoms. The summed E-state index contributed by atoms with van der Waals surface area (Å²) >= 11 is 0. The molecule has 0 unspecified atom stereocenters. The van der Waals surface area contributed by atoms with E-state index in [0.29, 0.717) is 12.6 Å². The lowest BCUT2D eigenvalue weighted by Crippen LogP contribution is -2.21. The van der Waals surface area contributed by atoms with Crippen LogP contribution in [0.3, 0.4) is 0 Å². The summed E-state index contributed by atoms with van der Waals surface area (Å²) in [7, 11) is 0. The van der Waals surface area contributed by atoms with Crippen LogP contribution in [0.4, 0.5) is 30.8 Å². The SMILES string of the molecule is CCOc1nc(Nc2cccc(C(F)(F)F)c2)nc(NC2CCCCCC2)n1. The van der Waals surface area contributed by atoms with Gasteiger partial charge < -0.3 is 15.4 Å². The summed E-state index contributed by atoms with van der Waals surface area (Å²) in [6.45, 7) is 2.18. The Labute approximate surface area is 162 Å². The van der Waals surface area contributed by atoms with Gasteiger partial charge in [0.05, 0.1) is 12.2 Å². The van der Waals surface area contributed by atoms with Crippen molar-refractivity contribution in [3.63, 3.8) is 0 Å². The number of aromatic nitrogens is 3. The van der Waals surface area contributed by atoms with Gasteiger partial charge in [-0.15, -0.1) is 0 Å². The Kier molecular flexibility index (Phi) is 6.53. The Hall–Kier alpha value is -2.58. The van der Waals surface area contributed by atoms with Crippen LogP contribution in [0.1, 0.15) is 51.0 Å². The number of ether oxygens (including phenoxy) is 1. The molecule has 152 valence electrons. The highest BCUT2D eigenvalue weighted by Gasteiger charge is 2.30. The Morgan fingerprint density at radius 3 is 2.43 bits per heavy atom. The van der Waals surface area contributed by atoms with E-state index in [4.69, 9.17) is 4.74 Å². The normalized spacial score (nSPS) is 15.7. The fourth-order valence-corrected chi connectivity index (χ4v) is 3.18. The summed E-state index contributed by atoms with van der Waals surface area (Å²) in [6.07, 6.45) is 2.40. The van der Waals surface area contributed by atoms with Crippen molar-refractivity contribution in [2.24, 2.45) is 0 Å². The van der Waals surface area contributed by atoms with E-state index in [-0.39, 0.29) is 23.7 Å². The van der Waals surface area contributed by atoms with E-state index >= 15 is 0 Å². The van der Waals surface area contributed by atoms with Crippen LogP contribution < -0.4 is 15.4 Å². The summed E-state index contributed by atoms with van der Waals surface area (Å²) in [5.41, 5.74) is -0.503. The summed E-state index contributed by atoms with van der Waals surface area (Å²) < 4.78 is 44.2. The monoisotopic (exact) mass is 395 g/mol. The summed E-state index contributed by atoms with van der Waals surface area (Å²) in [5, 5.41) is 6.14. The standard InChI is InChI=1S/C19H24F3N5O/c1-2-28-18-26-16(23-14-9-5-3-4-6-10-14)25-17(27-18)24-15-11-7-8-13(12-15)19(20,21)22/h7-8,11-12,14H,2-6,9-10H2,1H3,(H2,23,24,25,26,27). The molecule has 0 spiro atoms. The molecule has 0 atom stereocenters. The lowest BCUT2D eigenvalue weighted by Gasteiger charge is -2.17. The summed E-state index contributed by atoms with van der Waals surface area (Å²) in [4.78, 5) is 12.7. The van der Waals surface area contributed by atoms with Gasteiger partial charge >= 0.3 is 12.2 Å². The zero-order chi connectivity index (χ0) is 20.0. The maximum absolute atomic E-state index is 12.9. The van der Waals surface area contributed by atoms with E-state index in [1.807, 2.05) is 6.92 Å². The first-order valence-electron chi connectivity index (χ1n) is 9.54. The molecular weight excluding hydrogens is 371 g/mol. The van der Waals surface area contributed by atoms with Gasteiger partial charge in [-0.25, -0.2) is 0 Å². The van der Waals surface area contributed by atoms with Crippen LogP contribution in [0.15, 0.2) is 24.3 Å². The highest BCUT2D eigenvalue weighted by Crippen LogP contribution is 2.31. The predicted octanol–water partition coefficient (Wildman–Crippen LogP) is 5.17. The van der Waals surface area contributed by atoms with E-state index in [9.17, 15) is 13.2 Å². The lowest BCUT2D eigenvalue weighted by atomic mass is 10.1. The molecule has 1 aromatic carbocycles. The molecule has 1 heterocycles. The molecule has 1 aliphatic rings. The Morgan fingerprint density at radius 2 is 1.75 bits per heavy atom. The topological polar surface area (TPSA) is 72.0 Å². The third-order valence-electron chi connectivity index (χ3n) is 4.52. The van der Waals surface area contributed by atoms with Crippen LogP contribution in [0.25, 0.3) is 0 Å². The van der Waals surface area contributed by atoms with Crippen molar-refractivity contribution >= 4 is 17.6 Å². The molecule has 6 nitrogen and oxygen atoms in total. The molecule has 0 aliphatic heterocycles. The van der Waals surface area contributed by atoms with Gasteiger partial charge in [0.1, 0.15) is 0 Å². The van der Waals surface area contributed by atoms with Gasteiger partial charge in [0.25, 0.3) is 0 Å². The van der Waals surface area contributed by atoms with E-state index in [1.54, 1.807) is 0 Å². The van der Waals surface area contributed by atoms with E-state index in [2.05, 4.69) is 25.6 Å². The van der Waals surface area contributed by atoms with Crippen LogP contribution in [0.5, 0.6) is 6.01 Å². The first-order valence-corrected chi connectivity index (χ1v) is 9.54. The maximum atomic E-state index is 12.9. The molecule has 1 aromatic heterocycles. The number of rotatable bonds is 6. The van der Waals surface area contributed by atoms with Crippen LogP contribution >= 0.6 is 0 Å². The largest absolute Gasteiger partial charge is 0.464 e. The number of anilines is 3. The van der Waals surface area contributed by atoms with Crippen molar-refractivity contribution in [2.75, 3.05) is 17.2 Å². The molecule has 1 aliphatic carbocycles. The average Bonchev–Trinajstić information content (AvgIpc) is 2.90. The highest BCUT2D eigenvalue weighted by atomic mass is 19.4. The summed E-state index contributed by atoms with van der Waals surface area (Å²) in [6, 6.07) is 5.29. The minimum atomic E-state index is -4.42. The Morgan fingerprint density at radius 1 is 1.04 bits per heavy atom. The van der Waals surface area contributed by atoms with Crippen molar-refractivity contribution in [1.29, 1.82) is 0 Å². The molecule has 3 rings (SSSR count). The second-order valence-electron chi connectivity index (χ2n) is 6.73. The third-order valence-corrected chi connectivity index (χ3v) is 4.52. The van der Waals surface area contributed by atoms with Gasteiger partial charge in [0.2, 0.25) is 11.9 Å². The smallest absolute Gasteiger partial charge is 0.416 e. The molecule has 28 heavy (non-hydrogen) atoms. The number of nitrogens with zero attached hydrogens (tertiary/aromatic N) is 3. The predicted molar refractivity (Wildman–Crippen MR) is 101 cm³/mol. The van der Waals surface area contributed by atoms with Gasteiger partial charge in [-0.1, -0.05) is 31.7 Å². The second kappa shape index (κ2) is 9.07. The molecule has 1 saturated carbocycles. The van der Waals surface area contributed by atoms with Crippen LogP contribution in [-0.4, -0.2) is 27.6 Å². The summed E-state index contributed by atoms with van der Waals surface area (Å²) in [5.74, 6) is 0.494. The van der Waals surface area contributed by atoms with Gasteiger partial charge in [0.15, 0.2) is 0 Å². The van der Waals surface area contributed by atoms with Gasteiger partial charge in [-0.05, 0) is 38.0 Å². The molecule has 9 heteroatoms. The first kappa shape index (κ1) is 20.2. The fourth-order valence-electron chi connectivity index (χ4n) is 3.18. The molecular formula is C19H24F3N5O. The second-order valence-corrected chi connectivity index (χ2v) is 6.73. The van der Waals surface area contributed by atoms with Crippen molar-refractivity contribution < 1.29 is 17.9 Å². The quantitative estimate of drug-likeness (QED) is 0.658. The Balaban J connectivity index is 1.80. The van der Waals surface area contributed by atoms with Gasteiger partial charge in [-0.3, -0.25) is 0 Å². The van der Waals surface area contributed by atoms with E-state index < -0.39 is 11.7 Å². The number of hydrogen-bond donors (Lipinski definition) is 2. The molecule has 2 aromatic rings. The van der Waals surface area contributed by atoms with Crippen LogP contribution in [0.2, 0.25) is 0 Å². The van der Waals surface area contributed by atoms with Gasteiger partial charge in [-0.2, -0.15) is 28.1 Å². The molecule has 2 N–H and O–H groups in total. The van der Waals surface area contributed by atoms with Crippen molar-refractivity contribution in [1.82, 2.24) is 15.0 Å². The zero-order valence-corrected chi connectivity index (χ0v) is 15.7. The fraction of sp³-hybridized carbons (Fsp3) is 0.526. The molecule has 0 saturated heterocycles. The first-order chi connectivity index (χ1) is 13.4. The van der Waals surface area contributed by atoms with Crippen molar-refractivity contribution in [2.45, 2.75) is 57.7 Å². The van der Waals surface area contributed by atoms with Gasteiger partial charge in [0, 0.05) is 11.7 Å². The molecule has 0 amide bonds. The number of benzene rings is 1.